The van der Waals surface area contributed by atoms with Gasteiger partial charge in [-0.2, -0.15) is 0 Å². The van der Waals surface area contributed by atoms with E-state index in [9.17, 15) is 8.78 Å². The SMILES string of the molecule is CCNC(CCc1cc(F)cc(F)c1)C(C)(C)C. The predicted octanol–water partition coefficient (Wildman–Crippen LogP) is 3.92. The van der Waals surface area contributed by atoms with Crippen LogP contribution in [0, 0.1) is 17.0 Å². The predicted molar refractivity (Wildman–Crippen MR) is 71.6 cm³/mol. The molecule has 0 radical (unpaired) electrons. The van der Waals surface area contributed by atoms with Crippen molar-refractivity contribution in [1.29, 1.82) is 0 Å². The van der Waals surface area contributed by atoms with Crippen LogP contribution >= 0.6 is 0 Å². The molecule has 102 valence electrons. The summed E-state index contributed by atoms with van der Waals surface area (Å²) in [6, 6.07) is 4.08. The number of benzene rings is 1. The highest BCUT2D eigenvalue weighted by atomic mass is 19.1. The molecule has 0 amide bonds. The average molecular weight is 255 g/mol. The second-order valence-electron chi connectivity index (χ2n) is 5.79. The lowest BCUT2D eigenvalue weighted by atomic mass is 9.83. The molecule has 0 spiro atoms. The Morgan fingerprint density at radius 1 is 1.11 bits per heavy atom. The normalized spacial score (nSPS) is 13.7. The van der Waals surface area contributed by atoms with Crippen LogP contribution in [0.4, 0.5) is 8.78 Å². The van der Waals surface area contributed by atoms with Crippen molar-refractivity contribution in [3.05, 3.63) is 35.4 Å². The molecule has 1 unspecified atom stereocenters. The zero-order valence-corrected chi connectivity index (χ0v) is 11.7. The first-order valence-electron chi connectivity index (χ1n) is 6.51. The Bertz CT molecular complexity index is 362. The first-order valence-corrected chi connectivity index (χ1v) is 6.51. The number of halogens is 2. The molecular formula is C15H23F2N. The number of hydrogen-bond donors (Lipinski definition) is 1. The Kier molecular flexibility index (Phi) is 5.27. The van der Waals surface area contributed by atoms with E-state index in [0.29, 0.717) is 12.5 Å². The minimum atomic E-state index is -0.499. The molecule has 0 saturated heterocycles. The van der Waals surface area contributed by atoms with Crippen LogP contribution in [0.2, 0.25) is 0 Å². The van der Waals surface area contributed by atoms with Gasteiger partial charge in [0, 0.05) is 12.1 Å². The largest absolute Gasteiger partial charge is 0.314 e. The maximum Gasteiger partial charge on any atom is 0.126 e. The summed E-state index contributed by atoms with van der Waals surface area (Å²) in [4.78, 5) is 0. The molecule has 1 aromatic rings. The third kappa shape index (κ3) is 4.73. The minimum absolute atomic E-state index is 0.141. The smallest absolute Gasteiger partial charge is 0.126 e. The van der Waals surface area contributed by atoms with Crippen LogP contribution in [0.1, 0.15) is 39.7 Å². The number of hydrogen-bond acceptors (Lipinski definition) is 1. The Morgan fingerprint density at radius 3 is 2.11 bits per heavy atom. The summed E-state index contributed by atoms with van der Waals surface area (Å²) in [5.74, 6) is -0.999. The van der Waals surface area contributed by atoms with E-state index in [1.165, 1.54) is 12.1 Å². The van der Waals surface area contributed by atoms with Gasteiger partial charge < -0.3 is 5.32 Å². The fourth-order valence-corrected chi connectivity index (χ4v) is 2.15. The highest BCUT2D eigenvalue weighted by molar-refractivity contribution is 5.18. The van der Waals surface area contributed by atoms with E-state index >= 15 is 0 Å². The summed E-state index contributed by atoms with van der Waals surface area (Å²) in [5.41, 5.74) is 0.863. The minimum Gasteiger partial charge on any atom is -0.314 e. The van der Waals surface area contributed by atoms with Crippen LogP contribution in [-0.2, 0) is 6.42 Å². The molecule has 18 heavy (non-hydrogen) atoms. The van der Waals surface area contributed by atoms with Gasteiger partial charge >= 0.3 is 0 Å². The molecule has 0 aliphatic carbocycles. The number of aryl methyl sites for hydroxylation is 1. The topological polar surface area (TPSA) is 12.0 Å². The van der Waals surface area contributed by atoms with Crippen molar-refractivity contribution in [1.82, 2.24) is 5.32 Å². The van der Waals surface area contributed by atoms with E-state index in [0.717, 1.165) is 24.6 Å². The molecule has 0 aliphatic rings. The Morgan fingerprint density at radius 2 is 1.67 bits per heavy atom. The molecule has 1 rings (SSSR count). The summed E-state index contributed by atoms with van der Waals surface area (Å²) in [6.45, 7) is 9.49. The summed E-state index contributed by atoms with van der Waals surface area (Å²) in [5, 5.41) is 3.43. The van der Waals surface area contributed by atoms with Crippen LogP contribution in [0.15, 0.2) is 18.2 Å². The van der Waals surface area contributed by atoms with Crippen LogP contribution in [0.25, 0.3) is 0 Å². The standard InChI is InChI=1S/C15H23F2N/c1-5-18-14(15(2,3)4)7-6-11-8-12(16)10-13(17)9-11/h8-10,14,18H,5-7H2,1-4H3. The van der Waals surface area contributed by atoms with Crippen molar-refractivity contribution in [3.8, 4) is 0 Å². The van der Waals surface area contributed by atoms with Crippen molar-refractivity contribution in [2.75, 3.05) is 6.54 Å². The lowest BCUT2D eigenvalue weighted by Crippen LogP contribution is -2.40. The first kappa shape index (κ1) is 15.1. The van der Waals surface area contributed by atoms with Crippen LogP contribution in [0.3, 0.4) is 0 Å². The van der Waals surface area contributed by atoms with Crippen LogP contribution in [-0.4, -0.2) is 12.6 Å². The van der Waals surface area contributed by atoms with E-state index in [4.69, 9.17) is 0 Å². The maximum absolute atomic E-state index is 13.1. The summed E-state index contributed by atoms with van der Waals surface area (Å²) in [7, 11) is 0. The van der Waals surface area contributed by atoms with Crippen molar-refractivity contribution in [2.24, 2.45) is 5.41 Å². The third-order valence-electron chi connectivity index (χ3n) is 3.14. The van der Waals surface area contributed by atoms with Crippen molar-refractivity contribution >= 4 is 0 Å². The van der Waals surface area contributed by atoms with Gasteiger partial charge in [-0.25, -0.2) is 8.78 Å². The van der Waals surface area contributed by atoms with E-state index in [-0.39, 0.29) is 5.41 Å². The maximum atomic E-state index is 13.1. The molecule has 0 saturated carbocycles. The van der Waals surface area contributed by atoms with Crippen molar-refractivity contribution < 1.29 is 8.78 Å². The van der Waals surface area contributed by atoms with Gasteiger partial charge in [0.1, 0.15) is 11.6 Å². The molecule has 1 atom stereocenters. The van der Waals surface area contributed by atoms with Gasteiger partial charge in [-0.1, -0.05) is 27.7 Å². The Hall–Kier alpha value is -0.960. The molecular weight excluding hydrogens is 232 g/mol. The Labute approximate surface area is 109 Å². The highest BCUT2D eigenvalue weighted by Crippen LogP contribution is 2.23. The average Bonchev–Trinajstić information content (AvgIpc) is 2.21. The molecule has 1 nitrogen and oxygen atoms in total. The van der Waals surface area contributed by atoms with Gasteiger partial charge in [0.15, 0.2) is 0 Å². The molecule has 1 N–H and O–H groups in total. The lowest BCUT2D eigenvalue weighted by Gasteiger charge is -2.31. The number of nitrogens with one attached hydrogen (secondary N) is 1. The fourth-order valence-electron chi connectivity index (χ4n) is 2.15. The molecule has 0 aromatic heterocycles. The molecule has 0 aliphatic heterocycles. The monoisotopic (exact) mass is 255 g/mol. The zero-order chi connectivity index (χ0) is 13.8. The second kappa shape index (κ2) is 6.28. The van der Waals surface area contributed by atoms with Gasteiger partial charge in [-0.05, 0) is 42.5 Å². The van der Waals surface area contributed by atoms with Crippen LogP contribution < -0.4 is 5.32 Å². The zero-order valence-electron chi connectivity index (χ0n) is 11.7. The fraction of sp³-hybridized carbons (Fsp3) is 0.600. The number of rotatable bonds is 5. The summed E-state index contributed by atoms with van der Waals surface area (Å²) < 4.78 is 26.2. The molecule has 3 heteroatoms. The first-order chi connectivity index (χ1) is 8.32. The molecule has 0 heterocycles. The highest BCUT2D eigenvalue weighted by Gasteiger charge is 2.23. The molecule has 1 aromatic carbocycles. The van der Waals surface area contributed by atoms with Crippen LogP contribution in [0.5, 0.6) is 0 Å². The Balaban J connectivity index is 2.67. The summed E-state index contributed by atoms with van der Waals surface area (Å²) in [6.07, 6.45) is 1.56. The van der Waals surface area contributed by atoms with Gasteiger partial charge in [0.25, 0.3) is 0 Å². The second-order valence-corrected chi connectivity index (χ2v) is 5.79. The van der Waals surface area contributed by atoms with Crippen molar-refractivity contribution in [3.63, 3.8) is 0 Å². The van der Waals surface area contributed by atoms with Gasteiger partial charge in [-0.3, -0.25) is 0 Å². The van der Waals surface area contributed by atoms with Gasteiger partial charge in [0.05, 0.1) is 0 Å². The van der Waals surface area contributed by atoms with E-state index in [1.807, 2.05) is 0 Å². The van der Waals surface area contributed by atoms with Gasteiger partial charge in [-0.15, -0.1) is 0 Å². The van der Waals surface area contributed by atoms with E-state index in [1.54, 1.807) is 0 Å². The van der Waals surface area contributed by atoms with Gasteiger partial charge in [0.2, 0.25) is 0 Å². The molecule has 0 bridgehead atoms. The van der Waals surface area contributed by atoms with Crippen molar-refractivity contribution in [2.45, 2.75) is 46.6 Å². The third-order valence-corrected chi connectivity index (χ3v) is 3.14. The lowest BCUT2D eigenvalue weighted by molar-refractivity contribution is 0.258. The van der Waals surface area contributed by atoms with E-state index < -0.39 is 11.6 Å². The molecule has 0 fully saturated rings. The van der Waals surface area contributed by atoms with E-state index in [2.05, 4.69) is 33.0 Å². The summed E-state index contributed by atoms with van der Waals surface area (Å²) >= 11 is 0. The quantitative estimate of drug-likeness (QED) is 0.841.